The topological polar surface area (TPSA) is 0 Å². The number of allylic oxidation sites excluding steroid dienone is 19. The molecular weight excluding hydrogens is 480 g/mol. The normalized spacial score (nSPS) is 15.0. The highest BCUT2D eigenvalue weighted by atomic mass is 14.1. The van der Waals surface area contributed by atoms with E-state index in [2.05, 4.69) is 173 Å². The Morgan fingerprint density at radius 2 is 1.05 bits per heavy atom. The van der Waals surface area contributed by atoms with Gasteiger partial charge in [0.25, 0.3) is 0 Å². The lowest BCUT2D eigenvalue weighted by Gasteiger charge is -2.08. The highest BCUT2D eigenvalue weighted by molar-refractivity contribution is 5.61. The Kier molecular flexibility index (Phi) is 17.0. The van der Waals surface area contributed by atoms with Crippen LogP contribution in [0, 0.1) is 26.7 Å². The van der Waals surface area contributed by atoms with E-state index in [1.807, 2.05) is 0 Å². The van der Waals surface area contributed by atoms with Crippen LogP contribution in [0.1, 0.15) is 90.0 Å². The van der Waals surface area contributed by atoms with Crippen molar-refractivity contribution in [1.82, 2.24) is 0 Å². The van der Waals surface area contributed by atoms with Crippen molar-refractivity contribution >= 4 is 6.08 Å². The van der Waals surface area contributed by atoms with Crippen molar-refractivity contribution in [3.05, 3.63) is 147 Å². The molecule has 1 aromatic carbocycles. The van der Waals surface area contributed by atoms with E-state index in [1.54, 1.807) is 0 Å². The number of hydrogen-bond donors (Lipinski definition) is 0. The average Bonchev–Trinajstić information content (AvgIpc) is 2.88. The van der Waals surface area contributed by atoms with Gasteiger partial charge >= 0.3 is 0 Å². The molecule has 0 N–H and O–H groups in total. The summed E-state index contributed by atoms with van der Waals surface area (Å²) in [6.07, 6.45) is 36.1. The van der Waals surface area contributed by atoms with Gasteiger partial charge < -0.3 is 0 Å². The third-order valence-electron chi connectivity index (χ3n) is 6.87. The molecule has 0 spiro atoms. The molecule has 0 aromatic heterocycles. The van der Waals surface area contributed by atoms with Crippen molar-refractivity contribution in [1.29, 1.82) is 0 Å². The lowest BCUT2D eigenvalue weighted by Crippen LogP contribution is -1.89. The van der Waals surface area contributed by atoms with Crippen LogP contribution in [0.3, 0.4) is 0 Å². The maximum absolute atomic E-state index is 2.29. The molecule has 40 heavy (non-hydrogen) atoms. The number of hydrogen-bond acceptors (Lipinski definition) is 0. The Morgan fingerprint density at radius 1 is 0.600 bits per heavy atom. The van der Waals surface area contributed by atoms with Crippen LogP contribution in [-0.2, 0) is 0 Å². The fourth-order valence-corrected chi connectivity index (χ4v) is 4.02. The summed E-state index contributed by atoms with van der Waals surface area (Å²) in [6, 6.07) is 4.39. The molecule has 0 aliphatic rings. The van der Waals surface area contributed by atoms with Crippen LogP contribution in [0.5, 0.6) is 0 Å². The Balaban J connectivity index is 2.58. The van der Waals surface area contributed by atoms with E-state index < -0.39 is 0 Å². The van der Waals surface area contributed by atoms with Crippen LogP contribution >= 0.6 is 0 Å². The molecule has 214 valence electrons. The summed E-state index contributed by atoms with van der Waals surface area (Å²) in [5.74, 6) is 0.792. The molecule has 0 saturated heterocycles. The maximum atomic E-state index is 2.29. The van der Waals surface area contributed by atoms with E-state index in [-0.39, 0.29) is 0 Å². The zero-order valence-electron chi connectivity index (χ0n) is 27.0. The van der Waals surface area contributed by atoms with Gasteiger partial charge in [0, 0.05) is 0 Å². The molecule has 0 radical (unpaired) electrons. The monoisotopic (exact) mass is 534 g/mol. The lowest BCUT2D eigenvalue weighted by atomic mass is 9.97. The second-order valence-corrected chi connectivity index (χ2v) is 11.5. The van der Waals surface area contributed by atoms with Gasteiger partial charge in [0.05, 0.1) is 0 Å². The van der Waals surface area contributed by atoms with Crippen LogP contribution in [0.25, 0.3) is 6.08 Å². The summed E-state index contributed by atoms with van der Waals surface area (Å²) in [5, 5.41) is 0. The van der Waals surface area contributed by atoms with Gasteiger partial charge in [-0.1, -0.05) is 151 Å². The first kappa shape index (κ1) is 34.6. The fraction of sp³-hybridized carbons (Fsp3) is 0.350. The summed E-state index contributed by atoms with van der Waals surface area (Å²) < 4.78 is 0. The molecule has 0 nitrogen and oxygen atoms in total. The van der Waals surface area contributed by atoms with Crippen molar-refractivity contribution < 1.29 is 0 Å². The molecule has 1 aromatic rings. The molecule has 0 fully saturated rings. The average molecular weight is 535 g/mol. The highest BCUT2D eigenvalue weighted by Gasteiger charge is 2.01. The first-order chi connectivity index (χ1) is 19.0. The van der Waals surface area contributed by atoms with Gasteiger partial charge in [-0.05, 0) is 96.4 Å². The second kappa shape index (κ2) is 19.6. The minimum absolute atomic E-state index is 0.792. The molecule has 0 amide bonds. The molecule has 0 heterocycles. The molecule has 0 heteroatoms. The molecule has 0 saturated carbocycles. The predicted octanol–water partition coefficient (Wildman–Crippen LogP) is 12.4. The highest BCUT2D eigenvalue weighted by Crippen LogP contribution is 2.20. The summed E-state index contributed by atoms with van der Waals surface area (Å²) in [6.45, 7) is 21.9. The molecule has 0 unspecified atom stereocenters. The van der Waals surface area contributed by atoms with E-state index in [0.29, 0.717) is 0 Å². The van der Waals surface area contributed by atoms with Crippen LogP contribution in [0.4, 0.5) is 0 Å². The zero-order chi connectivity index (χ0) is 29.9. The summed E-state index contributed by atoms with van der Waals surface area (Å²) in [4.78, 5) is 0. The van der Waals surface area contributed by atoms with Crippen molar-refractivity contribution in [2.24, 2.45) is 5.92 Å². The predicted molar refractivity (Wildman–Crippen MR) is 184 cm³/mol. The first-order valence-electron chi connectivity index (χ1n) is 14.8. The Bertz CT molecular complexity index is 1240. The van der Waals surface area contributed by atoms with Crippen LogP contribution in [0.2, 0.25) is 0 Å². The van der Waals surface area contributed by atoms with Gasteiger partial charge in [-0.3, -0.25) is 0 Å². The summed E-state index contributed by atoms with van der Waals surface area (Å²) in [5.41, 5.74) is 11.7. The van der Waals surface area contributed by atoms with Gasteiger partial charge in [-0.25, -0.2) is 0 Å². The van der Waals surface area contributed by atoms with Gasteiger partial charge in [-0.15, -0.1) is 0 Å². The third kappa shape index (κ3) is 15.9. The third-order valence-corrected chi connectivity index (χ3v) is 6.87. The number of benzene rings is 1. The molecule has 0 aliphatic heterocycles. The Hall–Kier alpha value is -3.38. The zero-order valence-corrected chi connectivity index (χ0v) is 27.0. The number of aryl methyl sites for hydroxylation is 2. The fourth-order valence-electron chi connectivity index (χ4n) is 4.02. The largest absolute Gasteiger partial charge is 0.0733 e. The second-order valence-electron chi connectivity index (χ2n) is 11.5. The van der Waals surface area contributed by atoms with Crippen molar-refractivity contribution in [3.8, 4) is 0 Å². The van der Waals surface area contributed by atoms with Crippen molar-refractivity contribution in [2.45, 2.75) is 88.5 Å². The minimum Gasteiger partial charge on any atom is -0.0733 e. The van der Waals surface area contributed by atoms with Crippen molar-refractivity contribution in [3.63, 3.8) is 0 Å². The van der Waals surface area contributed by atoms with Gasteiger partial charge in [-0.2, -0.15) is 0 Å². The standard InChI is InChI=1S/C40H54/c1-31(2)17-13-20-34(5)23-15-25-35(6)24-14-21-32(3)18-11-12-19-33(4)22-16-26-36(7)27-30-40-38(9)29-28-37(8)39(40)10/h11-12,14-16,18-19,21-31H,13,17,20H2,1-10H3/b12-11+,21-14+,22-16+,25-15+,30-27+,32-18+,33-19+,34-23+,35-24+,36-26+. The summed E-state index contributed by atoms with van der Waals surface area (Å²) in [7, 11) is 0. The van der Waals surface area contributed by atoms with E-state index in [0.717, 1.165) is 5.92 Å². The summed E-state index contributed by atoms with van der Waals surface area (Å²) >= 11 is 0. The lowest BCUT2D eigenvalue weighted by molar-refractivity contribution is 0.555. The molecule has 0 atom stereocenters. The van der Waals surface area contributed by atoms with E-state index in [4.69, 9.17) is 0 Å². The molecule has 1 rings (SSSR count). The van der Waals surface area contributed by atoms with Crippen LogP contribution < -0.4 is 0 Å². The first-order valence-corrected chi connectivity index (χ1v) is 14.8. The quantitative estimate of drug-likeness (QED) is 0.208. The van der Waals surface area contributed by atoms with Crippen molar-refractivity contribution in [2.75, 3.05) is 0 Å². The van der Waals surface area contributed by atoms with Crippen LogP contribution in [0.15, 0.2) is 125 Å². The smallest absolute Gasteiger partial charge is 0.0195 e. The SMILES string of the molecule is CC(/C=C/C=C(C)/C=C/C=C(\C)CCCC(C)C)=C\C=C\C=C(C)\C=C\C=C(C)\C=C\c1c(C)ccc(C)c1C. The van der Waals surface area contributed by atoms with E-state index in [9.17, 15) is 0 Å². The molecule has 0 bridgehead atoms. The Morgan fingerprint density at radius 3 is 1.57 bits per heavy atom. The van der Waals surface area contributed by atoms with Gasteiger partial charge in [0.15, 0.2) is 0 Å². The molecular formula is C40H54. The molecule has 0 aliphatic carbocycles. The number of rotatable bonds is 14. The maximum Gasteiger partial charge on any atom is -0.0195 e. The van der Waals surface area contributed by atoms with E-state index in [1.165, 1.54) is 69.4 Å². The van der Waals surface area contributed by atoms with E-state index >= 15 is 0 Å². The Labute approximate surface area is 247 Å². The van der Waals surface area contributed by atoms with Gasteiger partial charge in [0.1, 0.15) is 0 Å². The van der Waals surface area contributed by atoms with Gasteiger partial charge in [0.2, 0.25) is 0 Å². The van der Waals surface area contributed by atoms with Crippen LogP contribution in [-0.4, -0.2) is 0 Å². The minimum atomic E-state index is 0.792.